The molecule has 0 amide bonds. The summed E-state index contributed by atoms with van der Waals surface area (Å²) < 4.78 is 0. The molecule has 0 aliphatic heterocycles. The molecule has 1 aromatic carbocycles. The Labute approximate surface area is 92.7 Å². The highest BCUT2D eigenvalue weighted by Crippen LogP contribution is 2.43. The molecule has 2 N–H and O–H groups in total. The Kier molecular flexibility index (Phi) is 3.42. The lowest BCUT2D eigenvalue weighted by molar-refractivity contribution is 0.127. The molecule has 1 aliphatic rings. The number of hydrogen-bond donors (Lipinski definition) is 1. The zero-order valence-electron chi connectivity index (χ0n) is 9.41. The van der Waals surface area contributed by atoms with Crippen molar-refractivity contribution >= 4 is 0 Å². The van der Waals surface area contributed by atoms with Crippen molar-refractivity contribution in [2.75, 3.05) is 6.54 Å². The van der Waals surface area contributed by atoms with Crippen LogP contribution in [0.2, 0.25) is 0 Å². The van der Waals surface area contributed by atoms with Gasteiger partial charge in [-0.1, -0.05) is 36.8 Å². The van der Waals surface area contributed by atoms with E-state index >= 15 is 0 Å². The summed E-state index contributed by atoms with van der Waals surface area (Å²) in [6.45, 7) is 0.891. The van der Waals surface area contributed by atoms with E-state index in [0.717, 1.165) is 6.54 Å². The molecular formula is C14H21N. The van der Waals surface area contributed by atoms with Crippen LogP contribution in [0.3, 0.4) is 0 Å². The van der Waals surface area contributed by atoms with E-state index in [1.54, 1.807) is 0 Å². The topological polar surface area (TPSA) is 26.0 Å². The van der Waals surface area contributed by atoms with Gasteiger partial charge in [0, 0.05) is 0 Å². The first-order valence-electron chi connectivity index (χ1n) is 6.09. The highest BCUT2D eigenvalue weighted by atomic mass is 14.6. The summed E-state index contributed by atoms with van der Waals surface area (Å²) in [7, 11) is 0. The molecule has 1 heteroatoms. The van der Waals surface area contributed by atoms with Crippen LogP contribution in [0.25, 0.3) is 0 Å². The van der Waals surface area contributed by atoms with Crippen molar-refractivity contribution in [2.24, 2.45) is 11.1 Å². The Morgan fingerprint density at radius 2 is 1.87 bits per heavy atom. The molecule has 2 rings (SSSR count). The van der Waals surface area contributed by atoms with Crippen molar-refractivity contribution in [3.63, 3.8) is 0 Å². The highest BCUT2D eigenvalue weighted by Gasteiger charge is 2.34. The van der Waals surface area contributed by atoms with Gasteiger partial charge in [0.15, 0.2) is 0 Å². The second-order valence-electron chi connectivity index (χ2n) is 4.90. The van der Waals surface area contributed by atoms with Crippen molar-refractivity contribution in [1.29, 1.82) is 0 Å². The van der Waals surface area contributed by atoms with Gasteiger partial charge in [0.25, 0.3) is 0 Å². The lowest BCUT2D eigenvalue weighted by Crippen LogP contribution is -2.37. The summed E-state index contributed by atoms with van der Waals surface area (Å²) >= 11 is 0. The summed E-state index contributed by atoms with van der Waals surface area (Å²) in [5, 5.41) is 0. The molecule has 0 radical (unpaired) electrons. The van der Waals surface area contributed by atoms with Gasteiger partial charge in [-0.3, -0.25) is 0 Å². The third-order valence-corrected chi connectivity index (χ3v) is 3.86. The smallest absolute Gasteiger partial charge is 0.00205 e. The predicted molar refractivity (Wildman–Crippen MR) is 64.7 cm³/mol. The van der Waals surface area contributed by atoms with E-state index in [-0.39, 0.29) is 0 Å². The van der Waals surface area contributed by atoms with Crippen LogP contribution in [0.5, 0.6) is 0 Å². The third-order valence-electron chi connectivity index (χ3n) is 3.86. The van der Waals surface area contributed by atoms with Gasteiger partial charge >= 0.3 is 0 Å². The second-order valence-corrected chi connectivity index (χ2v) is 4.90. The molecule has 0 spiro atoms. The number of aryl methyl sites for hydroxylation is 1. The van der Waals surface area contributed by atoms with E-state index in [1.807, 2.05) is 0 Å². The first-order valence-corrected chi connectivity index (χ1v) is 6.09. The lowest BCUT2D eigenvalue weighted by atomic mass is 9.66. The fourth-order valence-electron chi connectivity index (χ4n) is 2.55. The minimum Gasteiger partial charge on any atom is -0.330 e. The summed E-state index contributed by atoms with van der Waals surface area (Å²) in [4.78, 5) is 0. The zero-order valence-corrected chi connectivity index (χ0v) is 9.41. The van der Waals surface area contributed by atoms with Crippen LogP contribution in [-0.4, -0.2) is 6.54 Å². The third kappa shape index (κ3) is 2.60. The molecule has 1 fully saturated rings. The van der Waals surface area contributed by atoms with Crippen LogP contribution < -0.4 is 5.73 Å². The maximum atomic E-state index is 5.85. The Morgan fingerprint density at radius 1 is 1.13 bits per heavy atom. The average molecular weight is 203 g/mol. The van der Waals surface area contributed by atoms with Gasteiger partial charge in [0.1, 0.15) is 0 Å². The Balaban J connectivity index is 1.75. The van der Waals surface area contributed by atoms with E-state index in [4.69, 9.17) is 5.73 Å². The molecule has 0 bridgehead atoms. The van der Waals surface area contributed by atoms with Gasteiger partial charge < -0.3 is 5.73 Å². The molecule has 82 valence electrons. The SMILES string of the molecule is NCC1(CCCc2ccccc2)CCC1. The first-order chi connectivity index (χ1) is 7.35. The summed E-state index contributed by atoms with van der Waals surface area (Å²) in [6, 6.07) is 10.8. The number of benzene rings is 1. The Hall–Kier alpha value is -0.820. The monoisotopic (exact) mass is 203 g/mol. The van der Waals surface area contributed by atoms with Crippen molar-refractivity contribution in [3.05, 3.63) is 35.9 Å². The van der Waals surface area contributed by atoms with Crippen molar-refractivity contribution in [3.8, 4) is 0 Å². The van der Waals surface area contributed by atoms with Crippen molar-refractivity contribution in [1.82, 2.24) is 0 Å². The molecular weight excluding hydrogens is 182 g/mol. The minimum absolute atomic E-state index is 0.523. The van der Waals surface area contributed by atoms with Crippen molar-refractivity contribution in [2.45, 2.75) is 38.5 Å². The molecule has 0 aromatic heterocycles. The van der Waals surface area contributed by atoms with Gasteiger partial charge in [0.05, 0.1) is 0 Å². The molecule has 0 atom stereocenters. The van der Waals surface area contributed by atoms with Crippen LogP contribution >= 0.6 is 0 Å². The fourth-order valence-corrected chi connectivity index (χ4v) is 2.55. The highest BCUT2D eigenvalue weighted by molar-refractivity contribution is 5.14. The minimum atomic E-state index is 0.523. The van der Waals surface area contributed by atoms with Crippen LogP contribution in [0.4, 0.5) is 0 Å². The van der Waals surface area contributed by atoms with E-state index in [1.165, 1.54) is 44.1 Å². The average Bonchev–Trinajstić information content (AvgIpc) is 2.24. The predicted octanol–water partition coefficient (Wildman–Crippen LogP) is 3.14. The van der Waals surface area contributed by atoms with E-state index in [9.17, 15) is 0 Å². The van der Waals surface area contributed by atoms with E-state index < -0.39 is 0 Å². The van der Waals surface area contributed by atoms with Gasteiger partial charge in [-0.15, -0.1) is 0 Å². The molecule has 0 unspecified atom stereocenters. The molecule has 1 saturated carbocycles. The van der Waals surface area contributed by atoms with Gasteiger partial charge in [-0.2, -0.15) is 0 Å². The molecule has 15 heavy (non-hydrogen) atoms. The van der Waals surface area contributed by atoms with Crippen LogP contribution in [0.1, 0.15) is 37.7 Å². The standard InChI is InChI=1S/C14H21N/c15-12-14(10-5-11-14)9-4-8-13-6-2-1-3-7-13/h1-3,6-7H,4-5,8-12,15H2. The van der Waals surface area contributed by atoms with E-state index in [0.29, 0.717) is 5.41 Å². The van der Waals surface area contributed by atoms with Gasteiger partial charge in [-0.25, -0.2) is 0 Å². The van der Waals surface area contributed by atoms with Gasteiger partial charge in [0.2, 0.25) is 0 Å². The Bertz CT molecular complexity index is 282. The second kappa shape index (κ2) is 4.80. The van der Waals surface area contributed by atoms with Crippen molar-refractivity contribution < 1.29 is 0 Å². The molecule has 1 aliphatic carbocycles. The summed E-state index contributed by atoms with van der Waals surface area (Å²) in [5.41, 5.74) is 7.83. The first kappa shape index (κ1) is 10.7. The molecule has 1 nitrogen and oxygen atoms in total. The molecule has 0 heterocycles. The van der Waals surface area contributed by atoms with Crippen LogP contribution in [-0.2, 0) is 6.42 Å². The Morgan fingerprint density at radius 3 is 2.40 bits per heavy atom. The zero-order chi connectivity index (χ0) is 10.6. The quantitative estimate of drug-likeness (QED) is 0.781. The van der Waals surface area contributed by atoms with Crippen LogP contribution in [0, 0.1) is 5.41 Å². The lowest BCUT2D eigenvalue weighted by Gasteiger charge is -2.41. The number of hydrogen-bond acceptors (Lipinski definition) is 1. The maximum absolute atomic E-state index is 5.85. The normalized spacial score (nSPS) is 18.5. The van der Waals surface area contributed by atoms with Gasteiger partial charge in [-0.05, 0) is 49.6 Å². The number of nitrogens with two attached hydrogens (primary N) is 1. The molecule has 0 saturated heterocycles. The largest absolute Gasteiger partial charge is 0.330 e. The summed E-state index contributed by atoms with van der Waals surface area (Å²) in [6.07, 6.45) is 7.93. The summed E-state index contributed by atoms with van der Waals surface area (Å²) in [5.74, 6) is 0. The van der Waals surface area contributed by atoms with Crippen LogP contribution in [0.15, 0.2) is 30.3 Å². The fraction of sp³-hybridized carbons (Fsp3) is 0.571. The van der Waals surface area contributed by atoms with E-state index in [2.05, 4.69) is 30.3 Å². The maximum Gasteiger partial charge on any atom is -0.00205 e. The number of rotatable bonds is 5. The molecule has 1 aromatic rings.